The molecule has 0 saturated carbocycles. The van der Waals surface area contributed by atoms with Crippen LogP contribution in [0.2, 0.25) is 0 Å². The van der Waals surface area contributed by atoms with Gasteiger partial charge in [0.1, 0.15) is 0 Å². The summed E-state index contributed by atoms with van der Waals surface area (Å²) in [6.45, 7) is 3.64. The van der Waals surface area contributed by atoms with Gasteiger partial charge in [-0.2, -0.15) is 0 Å². The first-order valence-electron chi connectivity index (χ1n) is 3.59. The predicted octanol–water partition coefficient (Wildman–Crippen LogP) is 1.29. The molecule has 0 rings (SSSR count). The molecule has 2 nitrogen and oxygen atoms in total. The fraction of sp³-hybridized carbons (Fsp3) is 1.00. The monoisotopic (exact) mass is 210 g/mol. The van der Waals surface area contributed by atoms with Crippen molar-refractivity contribution in [3.63, 3.8) is 0 Å². The summed E-state index contributed by atoms with van der Waals surface area (Å²) < 4.78 is 0. The zero-order chi connectivity index (χ0) is 8.15. The van der Waals surface area contributed by atoms with Crippen molar-refractivity contribution >= 4 is 15.9 Å². The topological polar surface area (TPSA) is 40.5 Å². The van der Waals surface area contributed by atoms with Crippen molar-refractivity contribution in [3.05, 3.63) is 0 Å². The Kier molecular flexibility index (Phi) is 5.31. The molecule has 0 aliphatic rings. The molecular weight excluding hydrogens is 196 g/mol. The largest absolute Gasteiger partial charge is 0.391 e. The molecule has 0 aromatic heterocycles. The smallest absolute Gasteiger partial charge is 0.0920 e. The second-order valence-corrected chi connectivity index (χ2v) is 3.71. The zero-order valence-electron chi connectivity index (χ0n) is 6.42. The van der Waals surface area contributed by atoms with Gasteiger partial charge in [-0.1, -0.05) is 29.3 Å². The summed E-state index contributed by atoms with van der Waals surface area (Å²) in [6.07, 6.45) is 0.627. The maximum Gasteiger partial charge on any atom is 0.0920 e. The van der Waals surface area contributed by atoms with Gasteiger partial charge < -0.3 is 10.2 Å². The molecule has 10 heavy (non-hydrogen) atoms. The number of aliphatic hydroxyl groups is 2. The molecule has 0 radical (unpaired) electrons. The van der Waals surface area contributed by atoms with Crippen LogP contribution in [0.4, 0.5) is 0 Å². The minimum Gasteiger partial charge on any atom is -0.391 e. The van der Waals surface area contributed by atoms with Crippen LogP contribution >= 0.6 is 15.9 Å². The van der Waals surface area contributed by atoms with E-state index in [0.717, 1.165) is 12.8 Å². The maximum atomic E-state index is 9.23. The van der Waals surface area contributed by atoms with Crippen molar-refractivity contribution in [3.8, 4) is 0 Å². The van der Waals surface area contributed by atoms with E-state index in [0.29, 0.717) is 0 Å². The average Bonchev–Trinajstić information content (AvgIpc) is 1.87. The molecule has 0 aromatic carbocycles. The summed E-state index contributed by atoms with van der Waals surface area (Å²) in [5, 5.41) is 18.2. The number of hydrogen-bond donors (Lipinski definition) is 2. The van der Waals surface area contributed by atoms with Crippen LogP contribution in [0.25, 0.3) is 0 Å². The Balaban J connectivity index is 3.58. The van der Waals surface area contributed by atoms with E-state index in [1.807, 2.05) is 6.92 Å². The quantitative estimate of drug-likeness (QED) is 0.688. The summed E-state index contributed by atoms with van der Waals surface area (Å²) in [5.41, 5.74) is 0. The van der Waals surface area contributed by atoms with Crippen LogP contribution < -0.4 is 0 Å². The first-order valence-corrected chi connectivity index (χ1v) is 4.51. The highest BCUT2D eigenvalue weighted by Gasteiger charge is 2.19. The first-order chi connectivity index (χ1) is 4.59. The normalized spacial score (nSPS) is 20.1. The molecule has 0 aliphatic heterocycles. The number of hydrogen-bond acceptors (Lipinski definition) is 2. The highest BCUT2D eigenvalue weighted by atomic mass is 79.9. The Morgan fingerprint density at radius 2 is 1.90 bits per heavy atom. The van der Waals surface area contributed by atoms with E-state index in [-0.39, 0.29) is 4.83 Å². The van der Waals surface area contributed by atoms with Gasteiger partial charge in [0, 0.05) is 4.83 Å². The molecule has 0 spiro atoms. The lowest BCUT2D eigenvalue weighted by Crippen LogP contribution is -2.31. The Morgan fingerprint density at radius 1 is 1.40 bits per heavy atom. The molecule has 0 amide bonds. The van der Waals surface area contributed by atoms with Gasteiger partial charge in [0.05, 0.1) is 12.2 Å². The van der Waals surface area contributed by atoms with Gasteiger partial charge in [-0.25, -0.2) is 0 Å². The van der Waals surface area contributed by atoms with Gasteiger partial charge in [0.2, 0.25) is 0 Å². The molecule has 3 heteroatoms. The molecule has 0 heterocycles. The van der Waals surface area contributed by atoms with Crippen LogP contribution in [-0.4, -0.2) is 27.2 Å². The highest BCUT2D eigenvalue weighted by molar-refractivity contribution is 9.09. The molecule has 0 bridgehead atoms. The number of aliphatic hydroxyl groups excluding tert-OH is 2. The summed E-state index contributed by atoms with van der Waals surface area (Å²) in [7, 11) is 0. The van der Waals surface area contributed by atoms with Crippen molar-refractivity contribution in [1.29, 1.82) is 0 Å². The molecule has 62 valence electrons. The van der Waals surface area contributed by atoms with E-state index >= 15 is 0 Å². The van der Waals surface area contributed by atoms with Crippen molar-refractivity contribution in [1.82, 2.24) is 0 Å². The van der Waals surface area contributed by atoms with E-state index in [1.165, 1.54) is 0 Å². The summed E-state index contributed by atoms with van der Waals surface area (Å²) in [5.74, 6) is 0. The maximum absolute atomic E-state index is 9.23. The summed E-state index contributed by atoms with van der Waals surface area (Å²) >= 11 is 3.29. The Morgan fingerprint density at radius 3 is 2.20 bits per heavy atom. The molecule has 3 atom stereocenters. The molecular formula is C7H15BrO2. The van der Waals surface area contributed by atoms with Crippen molar-refractivity contribution in [2.75, 3.05) is 0 Å². The molecule has 0 aromatic rings. The van der Waals surface area contributed by atoms with Crippen molar-refractivity contribution < 1.29 is 10.2 Å². The summed E-state index contributed by atoms with van der Waals surface area (Å²) in [4.78, 5) is 0.0255. The third-order valence-corrected chi connectivity index (χ3v) is 2.43. The molecule has 0 fully saturated rings. The van der Waals surface area contributed by atoms with E-state index in [2.05, 4.69) is 15.9 Å². The first kappa shape index (κ1) is 10.4. The fourth-order valence-electron chi connectivity index (χ4n) is 0.749. The van der Waals surface area contributed by atoms with Gasteiger partial charge in [-0.3, -0.25) is 0 Å². The number of halogens is 1. The lowest BCUT2D eigenvalue weighted by Gasteiger charge is -2.18. The van der Waals surface area contributed by atoms with E-state index in [4.69, 9.17) is 5.11 Å². The summed E-state index contributed by atoms with van der Waals surface area (Å²) in [6, 6.07) is 0. The third kappa shape index (κ3) is 3.54. The zero-order valence-corrected chi connectivity index (χ0v) is 8.00. The van der Waals surface area contributed by atoms with Crippen LogP contribution in [0.3, 0.4) is 0 Å². The Bertz CT molecular complexity index is 85.7. The van der Waals surface area contributed by atoms with Gasteiger partial charge in [-0.15, -0.1) is 0 Å². The lowest BCUT2D eigenvalue weighted by atomic mass is 10.1. The van der Waals surface area contributed by atoms with Crippen LogP contribution in [-0.2, 0) is 0 Å². The van der Waals surface area contributed by atoms with Gasteiger partial charge in [0.15, 0.2) is 0 Å². The molecule has 0 saturated heterocycles. The van der Waals surface area contributed by atoms with Crippen molar-refractivity contribution in [2.45, 2.75) is 43.7 Å². The predicted molar refractivity (Wildman–Crippen MR) is 45.3 cm³/mol. The average molecular weight is 211 g/mol. The fourth-order valence-corrected chi connectivity index (χ4v) is 1.65. The minimum atomic E-state index is -0.643. The van der Waals surface area contributed by atoms with Crippen LogP contribution in [0, 0.1) is 0 Å². The molecule has 0 aliphatic carbocycles. The second-order valence-electron chi connectivity index (χ2n) is 2.54. The number of alkyl halides is 1. The number of rotatable bonds is 4. The van der Waals surface area contributed by atoms with Crippen LogP contribution in [0.15, 0.2) is 0 Å². The van der Waals surface area contributed by atoms with Crippen LogP contribution in [0.1, 0.15) is 26.7 Å². The van der Waals surface area contributed by atoms with Crippen molar-refractivity contribution in [2.24, 2.45) is 0 Å². The minimum absolute atomic E-state index is 0.0255. The standard InChI is InChI=1S/C7H15BrO2/c1-3-4-6(8)7(10)5(2)9/h5-7,9-10H,3-4H2,1-2H3/t5-,6-,7+/m1/s1. The third-order valence-electron chi connectivity index (χ3n) is 1.43. The SMILES string of the molecule is CCC[C@@H](Br)[C@@H](O)[C@@H](C)O. The molecule has 0 unspecified atom stereocenters. The van der Waals surface area contributed by atoms with E-state index < -0.39 is 12.2 Å². The van der Waals surface area contributed by atoms with E-state index in [9.17, 15) is 5.11 Å². The van der Waals surface area contributed by atoms with Gasteiger partial charge in [0.25, 0.3) is 0 Å². The lowest BCUT2D eigenvalue weighted by molar-refractivity contribution is 0.0302. The van der Waals surface area contributed by atoms with E-state index in [1.54, 1.807) is 6.92 Å². The second kappa shape index (κ2) is 5.10. The van der Waals surface area contributed by atoms with Gasteiger partial charge >= 0.3 is 0 Å². The highest BCUT2D eigenvalue weighted by Crippen LogP contribution is 2.14. The Hall–Kier alpha value is 0.400. The molecule has 2 N–H and O–H groups in total. The van der Waals surface area contributed by atoms with Crippen LogP contribution in [0.5, 0.6) is 0 Å². The Labute approximate surface area is 70.4 Å². The van der Waals surface area contributed by atoms with Gasteiger partial charge in [-0.05, 0) is 13.3 Å².